The smallest absolute Gasteiger partial charge is 0.0541 e. The first-order valence-electron chi connectivity index (χ1n) is 5.69. The Kier molecular flexibility index (Phi) is 3.38. The number of aliphatic hydroxyl groups excluding tert-OH is 1. The molecular weight excluding hydrogens is 190 g/mol. The Balaban J connectivity index is 1.82. The molecule has 1 unspecified atom stereocenters. The van der Waals surface area contributed by atoms with Crippen molar-refractivity contribution in [3.8, 4) is 0 Å². The molecular formula is C11H19N3O. The summed E-state index contributed by atoms with van der Waals surface area (Å²) in [5, 5.41) is 19.9. The van der Waals surface area contributed by atoms with Gasteiger partial charge in [-0.15, -0.1) is 0 Å². The van der Waals surface area contributed by atoms with Crippen LogP contribution in [0.3, 0.4) is 0 Å². The predicted molar refractivity (Wildman–Crippen MR) is 58.4 cm³/mol. The minimum Gasteiger partial charge on any atom is -0.393 e. The summed E-state index contributed by atoms with van der Waals surface area (Å²) in [5.41, 5.74) is 1.13. The van der Waals surface area contributed by atoms with Crippen LogP contribution < -0.4 is 5.32 Å². The van der Waals surface area contributed by atoms with E-state index in [0.29, 0.717) is 12.1 Å². The van der Waals surface area contributed by atoms with E-state index in [-0.39, 0.29) is 6.10 Å². The van der Waals surface area contributed by atoms with Crippen LogP contribution in [-0.2, 0) is 0 Å². The second kappa shape index (κ2) is 4.77. The first-order chi connectivity index (χ1) is 7.25. The van der Waals surface area contributed by atoms with E-state index in [1.54, 1.807) is 6.20 Å². The second-order valence-corrected chi connectivity index (χ2v) is 4.41. The fourth-order valence-electron chi connectivity index (χ4n) is 2.19. The van der Waals surface area contributed by atoms with Gasteiger partial charge in [0.2, 0.25) is 0 Å². The summed E-state index contributed by atoms with van der Waals surface area (Å²) in [5.74, 6) is 0. The molecule has 0 radical (unpaired) electrons. The maximum absolute atomic E-state index is 9.40. The van der Waals surface area contributed by atoms with Crippen molar-refractivity contribution in [3.63, 3.8) is 0 Å². The highest BCUT2D eigenvalue weighted by atomic mass is 16.3. The molecule has 0 bridgehead atoms. The first-order valence-corrected chi connectivity index (χ1v) is 5.69. The Morgan fingerprint density at radius 3 is 2.80 bits per heavy atom. The lowest BCUT2D eigenvalue weighted by Gasteiger charge is -2.28. The van der Waals surface area contributed by atoms with Crippen molar-refractivity contribution >= 4 is 0 Å². The number of aromatic nitrogens is 2. The van der Waals surface area contributed by atoms with Gasteiger partial charge in [0.1, 0.15) is 0 Å². The van der Waals surface area contributed by atoms with Crippen LogP contribution in [0.25, 0.3) is 0 Å². The lowest BCUT2D eigenvalue weighted by atomic mass is 9.92. The highest BCUT2D eigenvalue weighted by molar-refractivity contribution is 5.03. The number of nitrogens with one attached hydrogen (secondary N) is 2. The molecule has 2 rings (SSSR count). The molecule has 3 N–H and O–H groups in total. The van der Waals surface area contributed by atoms with E-state index < -0.39 is 0 Å². The molecule has 1 aromatic heterocycles. The Morgan fingerprint density at radius 2 is 2.20 bits per heavy atom. The van der Waals surface area contributed by atoms with Crippen LogP contribution in [-0.4, -0.2) is 27.4 Å². The molecule has 4 nitrogen and oxygen atoms in total. The number of aromatic amines is 1. The lowest BCUT2D eigenvalue weighted by Crippen LogP contribution is -2.36. The van der Waals surface area contributed by atoms with Crippen molar-refractivity contribution < 1.29 is 5.11 Å². The topological polar surface area (TPSA) is 60.9 Å². The van der Waals surface area contributed by atoms with Crippen LogP contribution in [0.5, 0.6) is 0 Å². The van der Waals surface area contributed by atoms with E-state index in [9.17, 15) is 5.11 Å². The Labute approximate surface area is 90.1 Å². The quantitative estimate of drug-likeness (QED) is 0.704. The summed E-state index contributed by atoms with van der Waals surface area (Å²) in [4.78, 5) is 0. The van der Waals surface area contributed by atoms with Gasteiger partial charge in [0.25, 0.3) is 0 Å². The zero-order valence-electron chi connectivity index (χ0n) is 9.11. The van der Waals surface area contributed by atoms with Crippen LogP contribution in [0.2, 0.25) is 0 Å². The lowest BCUT2D eigenvalue weighted by molar-refractivity contribution is 0.114. The van der Waals surface area contributed by atoms with Crippen LogP contribution in [0.15, 0.2) is 12.3 Å². The molecule has 1 saturated carbocycles. The molecule has 1 atom stereocenters. The summed E-state index contributed by atoms with van der Waals surface area (Å²) in [6.07, 6.45) is 5.68. The summed E-state index contributed by atoms with van der Waals surface area (Å²) < 4.78 is 0. The van der Waals surface area contributed by atoms with E-state index in [4.69, 9.17) is 0 Å². The van der Waals surface area contributed by atoms with Crippen LogP contribution >= 0.6 is 0 Å². The largest absolute Gasteiger partial charge is 0.393 e. The van der Waals surface area contributed by atoms with E-state index in [1.165, 1.54) is 0 Å². The normalized spacial score (nSPS) is 28.9. The first kappa shape index (κ1) is 10.6. The second-order valence-electron chi connectivity index (χ2n) is 4.41. The van der Waals surface area contributed by atoms with Crippen LogP contribution in [0.4, 0.5) is 0 Å². The van der Waals surface area contributed by atoms with E-state index >= 15 is 0 Å². The van der Waals surface area contributed by atoms with Crippen molar-refractivity contribution in [2.24, 2.45) is 0 Å². The Bertz CT molecular complexity index is 278. The van der Waals surface area contributed by atoms with Gasteiger partial charge in [-0.3, -0.25) is 5.10 Å². The van der Waals surface area contributed by atoms with Gasteiger partial charge in [-0.1, -0.05) is 0 Å². The SMILES string of the molecule is CC(NC1CCC(O)CC1)c1ccn[nH]1. The maximum Gasteiger partial charge on any atom is 0.0541 e. The summed E-state index contributed by atoms with van der Waals surface area (Å²) >= 11 is 0. The minimum absolute atomic E-state index is 0.0782. The summed E-state index contributed by atoms with van der Waals surface area (Å²) in [7, 11) is 0. The molecule has 0 saturated heterocycles. The molecule has 0 aliphatic heterocycles. The number of H-pyrrole nitrogens is 1. The summed E-state index contributed by atoms with van der Waals surface area (Å²) in [6.45, 7) is 2.14. The third-order valence-electron chi connectivity index (χ3n) is 3.17. The highest BCUT2D eigenvalue weighted by Gasteiger charge is 2.21. The number of hydrogen-bond acceptors (Lipinski definition) is 3. The molecule has 1 aliphatic rings. The van der Waals surface area contributed by atoms with Gasteiger partial charge in [-0.25, -0.2) is 0 Å². The van der Waals surface area contributed by atoms with Gasteiger partial charge in [-0.2, -0.15) is 5.10 Å². The van der Waals surface area contributed by atoms with Crippen molar-refractivity contribution in [2.75, 3.05) is 0 Å². The number of hydrogen-bond donors (Lipinski definition) is 3. The Morgan fingerprint density at radius 1 is 1.47 bits per heavy atom. The Hall–Kier alpha value is -0.870. The van der Waals surface area contributed by atoms with Crippen LogP contribution in [0, 0.1) is 0 Å². The molecule has 1 fully saturated rings. The molecule has 1 aromatic rings. The average molecular weight is 209 g/mol. The van der Waals surface area contributed by atoms with Gasteiger partial charge in [-0.05, 0) is 38.7 Å². The minimum atomic E-state index is -0.0782. The fraction of sp³-hybridized carbons (Fsp3) is 0.727. The van der Waals surface area contributed by atoms with E-state index in [0.717, 1.165) is 31.4 Å². The van der Waals surface area contributed by atoms with Gasteiger partial charge >= 0.3 is 0 Å². The van der Waals surface area contributed by atoms with Crippen LogP contribution in [0.1, 0.15) is 44.3 Å². The third-order valence-corrected chi connectivity index (χ3v) is 3.17. The highest BCUT2D eigenvalue weighted by Crippen LogP contribution is 2.21. The van der Waals surface area contributed by atoms with Gasteiger partial charge in [0.05, 0.1) is 11.8 Å². The molecule has 0 amide bonds. The third kappa shape index (κ3) is 2.79. The number of nitrogens with zero attached hydrogens (tertiary/aromatic N) is 1. The molecule has 1 heterocycles. The maximum atomic E-state index is 9.40. The monoisotopic (exact) mass is 209 g/mol. The fourth-order valence-corrected chi connectivity index (χ4v) is 2.19. The predicted octanol–water partition coefficient (Wildman–Crippen LogP) is 1.36. The zero-order chi connectivity index (χ0) is 10.7. The van der Waals surface area contributed by atoms with Crippen molar-refractivity contribution in [3.05, 3.63) is 18.0 Å². The van der Waals surface area contributed by atoms with Gasteiger partial charge in [0.15, 0.2) is 0 Å². The van der Waals surface area contributed by atoms with Gasteiger partial charge in [0, 0.05) is 18.3 Å². The zero-order valence-corrected chi connectivity index (χ0v) is 9.11. The average Bonchev–Trinajstić information content (AvgIpc) is 2.74. The molecule has 0 aromatic carbocycles. The van der Waals surface area contributed by atoms with Crippen molar-refractivity contribution in [1.82, 2.24) is 15.5 Å². The molecule has 1 aliphatic carbocycles. The number of rotatable bonds is 3. The molecule has 4 heteroatoms. The van der Waals surface area contributed by atoms with Crippen molar-refractivity contribution in [2.45, 2.75) is 50.8 Å². The van der Waals surface area contributed by atoms with Crippen molar-refractivity contribution in [1.29, 1.82) is 0 Å². The molecule has 0 spiro atoms. The molecule has 15 heavy (non-hydrogen) atoms. The summed E-state index contributed by atoms with van der Waals surface area (Å²) in [6, 6.07) is 2.84. The standard InChI is InChI=1S/C11H19N3O/c1-8(11-6-7-12-14-11)13-9-2-4-10(15)5-3-9/h6-10,13,15H,2-5H2,1H3,(H,12,14). The van der Waals surface area contributed by atoms with E-state index in [2.05, 4.69) is 22.4 Å². The molecule has 84 valence electrons. The number of aliphatic hydroxyl groups is 1. The van der Waals surface area contributed by atoms with E-state index in [1.807, 2.05) is 6.07 Å². The van der Waals surface area contributed by atoms with Gasteiger partial charge < -0.3 is 10.4 Å².